The molecule has 1 aliphatic rings. The Morgan fingerprint density at radius 3 is 2.53 bits per heavy atom. The van der Waals surface area contributed by atoms with Gasteiger partial charge in [-0.05, 0) is 31.4 Å². The highest BCUT2D eigenvalue weighted by Gasteiger charge is 2.64. The van der Waals surface area contributed by atoms with Gasteiger partial charge < -0.3 is 14.6 Å². The molecule has 9 nitrogen and oxygen atoms in total. The van der Waals surface area contributed by atoms with E-state index in [2.05, 4.69) is 33.2 Å². The summed E-state index contributed by atoms with van der Waals surface area (Å²) < 4.78 is 14.7. The second kappa shape index (κ2) is 7.43. The van der Waals surface area contributed by atoms with E-state index in [1.807, 2.05) is 46.1 Å². The Kier molecular flexibility index (Phi) is 5.68. The number of nitroso groups, excluding NO2 is 1. The Morgan fingerprint density at radius 1 is 1.33 bits per heavy atom. The maximum atomic E-state index is 11.9. The fourth-order valence-electron chi connectivity index (χ4n) is 3.99. The predicted molar refractivity (Wildman–Crippen MR) is 115 cm³/mol. The molecular weight excluding hydrogens is 402 g/mol. The van der Waals surface area contributed by atoms with Crippen LogP contribution in [0.3, 0.4) is 0 Å². The lowest BCUT2D eigenvalue weighted by Gasteiger charge is -2.41. The summed E-state index contributed by atoms with van der Waals surface area (Å²) in [7, 11) is -1.18. The van der Waals surface area contributed by atoms with E-state index >= 15 is 0 Å². The minimum atomic E-state index is -1.18. The number of nitrogens with zero attached hydrogens (tertiary/aromatic N) is 4. The molecule has 2 N–H and O–H groups in total. The van der Waals surface area contributed by atoms with E-state index < -0.39 is 31.3 Å². The van der Waals surface area contributed by atoms with Crippen LogP contribution in [0, 0.1) is 10.3 Å². The monoisotopic (exact) mass is 435 g/mol. The van der Waals surface area contributed by atoms with Crippen molar-refractivity contribution in [1.82, 2.24) is 15.0 Å². The highest BCUT2D eigenvalue weighted by Crippen LogP contribution is 2.49. The van der Waals surface area contributed by atoms with Crippen LogP contribution in [0.2, 0.25) is 13.1 Å². The topological polar surface area (TPSA) is 114 Å². The largest absolute Gasteiger partial charge is 0.386 e. The SMILES string of the molecule is C[Si](C)[C@]1([n+]2c[nH]c3c(N=O)ncnc32)C[C@@](O)(C(C)(C)C)[C@@H](COC(C)(C)C)O1. The summed E-state index contributed by atoms with van der Waals surface area (Å²) in [6, 6.07) is 0. The van der Waals surface area contributed by atoms with Crippen LogP contribution < -0.4 is 4.57 Å². The Labute approximate surface area is 178 Å². The van der Waals surface area contributed by atoms with Gasteiger partial charge in [0.2, 0.25) is 11.3 Å². The Morgan fingerprint density at radius 2 is 2.00 bits per heavy atom. The zero-order valence-corrected chi connectivity index (χ0v) is 20.1. The van der Waals surface area contributed by atoms with E-state index in [4.69, 9.17) is 9.47 Å². The first-order valence-corrected chi connectivity index (χ1v) is 12.7. The third kappa shape index (κ3) is 3.70. The van der Waals surface area contributed by atoms with E-state index in [1.165, 1.54) is 6.33 Å². The average Bonchev–Trinajstić information content (AvgIpc) is 3.19. The second-order valence-corrected chi connectivity index (χ2v) is 13.1. The first kappa shape index (κ1) is 22.9. The molecular formula is C20H33N5O4Si+. The van der Waals surface area contributed by atoms with E-state index in [9.17, 15) is 10.0 Å². The predicted octanol–water partition coefficient (Wildman–Crippen LogP) is 2.97. The maximum Gasteiger partial charge on any atom is 0.309 e. The molecule has 0 spiro atoms. The van der Waals surface area contributed by atoms with Crippen molar-refractivity contribution in [3.8, 4) is 0 Å². The van der Waals surface area contributed by atoms with Gasteiger partial charge in [-0.1, -0.05) is 38.8 Å². The number of imidazole rings is 1. The number of rotatable bonds is 5. The molecule has 1 fully saturated rings. The number of aromatic nitrogens is 4. The Balaban J connectivity index is 2.14. The van der Waals surface area contributed by atoms with Gasteiger partial charge in [0.15, 0.2) is 18.0 Å². The minimum Gasteiger partial charge on any atom is -0.386 e. The van der Waals surface area contributed by atoms with Crippen LogP contribution in [0.15, 0.2) is 17.8 Å². The van der Waals surface area contributed by atoms with Crippen molar-refractivity contribution in [2.24, 2.45) is 10.6 Å². The quantitative estimate of drug-likeness (QED) is 0.424. The number of aromatic amines is 1. The maximum absolute atomic E-state index is 11.9. The van der Waals surface area contributed by atoms with Crippen molar-refractivity contribution in [2.45, 2.75) is 83.7 Å². The standard InChI is InChI=1S/C20H32N5O4Si/c1-17(2,3)19(26)10-20(30(7)8,29-13(19)9-28-18(4,5)6)25-12-23-14-15(24-27)21-11-22-16(14)25/h11-13,26H,9-10H2,1-8H3/p+1/t13-,19+,20+/m1/s1. The van der Waals surface area contributed by atoms with E-state index in [0.29, 0.717) is 17.6 Å². The number of H-pyrrole nitrogens is 1. The molecule has 165 valence electrons. The molecule has 0 bridgehead atoms. The Bertz CT molecular complexity index is 935. The third-order valence-corrected chi connectivity index (χ3v) is 8.07. The summed E-state index contributed by atoms with van der Waals surface area (Å²) in [5, 5.41) is 14.1. The number of hydrogen-bond acceptors (Lipinski definition) is 7. The highest BCUT2D eigenvalue weighted by atomic mass is 28.3. The smallest absolute Gasteiger partial charge is 0.309 e. The van der Waals surface area contributed by atoms with E-state index in [0.717, 1.165) is 0 Å². The summed E-state index contributed by atoms with van der Waals surface area (Å²) in [5.41, 5.74) is -0.956. The van der Waals surface area contributed by atoms with E-state index in [-0.39, 0.29) is 18.0 Å². The molecule has 0 saturated carbocycles. The molecule has 0 unspecified atom stereocenters. The molecule has 2 aromatic heterocycles. The fraction of sp³-hybridized carbons (Fsp3) is 0.750. The van der Waals surface area contributed by atoms with Crippen LogP contribution in [0.25, 0.3) is 11.2 Å². The third-order valence-electron chi connectivity index (χ3n) is 5.98. The van der Waals surface area contributed by atoms with Crippen molar-refractivity contribution in [2.75, 3.05) is 6.61 Å². The lowest BCUT2D eigenvalue weighted by Crippen LogP contribution is -2.64. The van der Waals surface area contributed by atoms with E-state index in [1.54, 1.807) is 6.33 Å². The number of aliphatic hydroxyl groups is 1. The van der Waals surface area contributed by atoms with Gasteiger partial charge in [0.1, 0.15) is 20.5 Å². The molecule has 3 atom stereocenters. The fourth-order valence-corrected chi connectivity index (χ4v) is 5.64. The van der Waals surface area contributed by atoms with Crippen LogP contribution in [0.1, 0.15) is 48.0 Å². The van der Waals surface area contributed by atoms with Gasteiger partial charge in [-0.3, -0.25) is 4.98 Å². The van der Waals surface area contributed by atoms with Crippen molar-refractivity contribution < 1.29 is 19.1 Å². The van der Waals surface area contributed by atoms with Gasteiger partial charge in [0, 0.05) is 6.42 Å². The zero-order chi connectivity index (χ0) is 22.5. The molecule has 2 aromatic rings. The van der Waals surface area contributed by atoms with Crippen LogP contribution in [-0.2, 0) is 14.8 Å². The lowest BCUT2D eigenvalue weighted by atomic mass is 9.72. The highest BCUT2D eigenvalue weighted by molar-refractivity contribution is 6.57. The summed E-state index contributed by atoms with van der Waals surface area (Å²) in [6.45, 7) is 16.6. The molecule has 30 heavy (non-hydrogen) atoms. The minimum absolute atomic E-state index is 0.0478. The average molecular weight is 436 g/mol. The van der Waals surface area contributed by atoms with Crippen LogP contribution in [0.4, 0.5) is 5.82 Å². The summed E-state index contributed by atoms with van der Waals surface area (Å²) in [6.07, 6.45) is 2.91. The van der Waals surface area contributed by atoms with Crippen molar-refractivity contribution in [3.63, 3.8) is 0 Å². The van der Waals surface area contributed by atoms with Crippen LogP contribution >= 0.6 is 0 Å². The molecule has 1 saturated heterocycles. The molecule has 0 aliphatic carbocycles. The van der Waals surface area contributed by atoms with Gasteiger partial charge in [0.25, 0.3) is 0 Å². The number of fused-ring (bicyclic) bond motifs is 1. The first-order valence-electron chi connectivity index (χ1n) is 10.2. The lowest BCUT2D eigenvalue weighted by molar-refractivity contribution is -0.763. The van der Waals surface area contributed by atoms with Crippen molar-refractivity contribution in [1.29, 1.82) is 0 Å². The zero-order valence-electron chi connectivity index (χ0n) is 19.1. The van der Waals surface area contributed by atoms with Gasteiger partial charge in [-0.25, -0.2) is 4.57 Å². The van der Waals surface area contributed by atoms with Crippen molar-refractivity contribution >= 4 is 25.8 Å². The Hall–Kier alpha value is -1.75. The molecule has 3 heterocycles. The summed E-state index contributed by atoms with van der Waals surface area (Å²) in [5.74, 6) is 0.0478. The second-order valence-electron chi connectivity index (χ2n) is 10.3. The van der Waals surface area contributed by atoms with Crippen molar-refractivity contribution in [3.05, 3.63) is 17.6 Å². The molecule has 1 radical (unpaired) electrons. The molecule has 10 heteroatoms. The molecule has 0 amide bonds. The van der Waals surface area contributed by atoms with Crippen LogP contribution in [-0.4, -0.2) is 52.8 Å². The van der Waals surface area contributed by atoms with Gasteiger partial charge >= 0.3 is 5.65 Å². The van der Waals surface area contributed by atoms with Gasteiger partial charge in [0.05, 0.1) is 12.2 Å². The van der Waals surface area contributed by atoms with Gasteiger partial charge in [-0.15, -0.1) is 4.91 Å². The number of ether oxygens (including phenoxy) is 2. The number of nitrogens with one attached hydrogen (secondary N) is 1. The molecule has 0 aromatic carbocycles. The normalized spacial score (nSPS) is 27.9. The first-order chi connectivity index (χ1) is 13.7. The van der Waals surface area contributed by atoms with Gasteiger partial charge in [-0.2, -0.15) is 4.98 Å². The molecule has 1 aliphatic heterocycles. The molecule has 3 rings (SSSR count). The summed E-state index contributed by atoms with van der Waals surface area (Å²) >= 11 is 0. The number of hydrogen-bond donors (Lipinski definition) is 2. The van der Waals surface area contributed by atoms with Crippen LogP contribution in [0.5, 0.6) is 0 Å². The summed E-state index contributed by atoms with van der Waals surface area (Å²) in [4.78, 5) is 22.6.